The van der Waals surface area contributed by atoms with E-state index in [0.29, 0.717) is 15.9 Å². The maximum absolute atomic E-state index is 11.5. The fourth-order valence-electron chi connectivity index (χ4n) is 3.31. The van der Waals surface area contributed by atoms with Crippen LogP contribution in [-0.2, 0) is 0 Å². The molecule has 0 unspecified atom stereocenters. The summed E-state index contributed by atoms with van der Waals surface area (Å²) in [5, 5.41) is 31.2. The molecule has 2 N–H and O–H groups in total. The maximum Gasteiger partial charge on any atom is 0.309 e. The topological polar surface area (TPSA) is 111 Å². The Balaban J connectivity index is 1.91. The second-order valence-corrected chi connectivity index (χ2v) is 8.07. The minimum atomic E-state index is -0.532. The van der Waals surface area contributed by atoms with Gasteiger partial charge >= 0.3 is 5.01 Å². The summed E-state index contributed by atoms with van der Waals surface area (Å²) in [6.07, 6.45) is 0. The Bertz CT molecular complexity index is 1320. The molecule has 0 atom stereocenters. The average molecular weight is 466 g/mol. The van der Waals surface area contributed by atoms with E-state index >= 15 is 0 Å². The molecule has 0 aliphatic heterocycles. The van der Waals surface area contributed by atoms with Crippen molar-refractivity contribution >= 4 is 27.8 Å². The van der Waals surface area contributed by atoms with Crippen molar-refractivity contribution in [2.24, 2.45) is 0 Å². The summed E-state index contributed by atoms with van der Waals surface area (Å²) in [5.74, 6) is 0.432. The van der Waals surface area contributed by atoms with Crippen LogP contribution in [0.2, 0.25) is 0 Å². The number of anilines is 2. The van der Waals surface area contributed by atoms with Crippen LogP contribution in [0.3, 0.4) is 0 Å². The normalized spacial score (nSPS) is 10.6. The minimum Gasteiger partial charge on any atom is -0.504 e. The monoisotopic (exact) mass is 465 g/mol. The number of rotatable bonds is 7. The highest BCUT2D eigenvalue weighted by molar-refractivity contribution is 7.18. The number of benzene rings is 3. The molecule has 3 aromatic carbocycles. The lowest BCUT2D eigenvalue weighted by Gasteiger charge is -2.08. The molecule has 0 radical (unpaired) electrons. The van der Waals surface area contributed by atoms with Crippen molar-refractivity contribution in [3.8, 4) is 33.5 Å². The number of nitro groups is 1. The first-order chi connectivity index (χ1) is 15.9. The third-order valence-electron chi connectivity index (χ3n) is 4.89. The van der Waals surface area contributed by atoms with E-state index in [2.05, 4.69) is 10.4 Å². The van der Waals surface area contributed by atoms with Crippen molar-refractivity contribution in [2.75, 3.05) is 19.5 Å². The van der Waals surface area contributed by atoms with Crippen LogP contribution < -0.4 is 19.5 Å². The van der Waals surface area contributed by atoms with E-state index in [1.54, 1.807) is 11.8 Å². The second kappa shape index (κ2) is 9.13. The lowest BCUT2D eigenvalue weighted by molar-refractivity contribution is -0.642. The van der Waals surface area contributed by atoms with E-state index in [9.17, 15) is 15.2 Å². The van der Waals surface area contributed by atoms with Crippen LogP contribution in [0.1, 0.15) is 5.56 Å². The molecule has 4 rings (SSSR count). The number of methoxy groups -OCH3 is 2. The summed E-state index contributed by atoms with van der Waals surface area (Å²) in [5.41, 5.74) is 2.50. The van der Waals surface area contributed by atoms with Gasteiger partial charge in [0.1, 0.15) is 11.3 Å². The molecule has 1 aromatic heterocycles. The summed E-state index contributed by atoms with van der Waals surface area (Å²) >= 11 is 1.23. The van der Waals surface area contributed by atoms with Crippen molar-refractivity contribution in [3.05, 3.63) is 76.3 Å². The smallest absolute Gasteiger partial charge is 0.309 e. The van der Waals surface area contributed by atoms with Crippen molar-refractivity contribution in [1.82, 2.24) is 5.10 Å². The molecule has 168 valence electrons. The molecule has 0 fully saturated rings. The number of nitrogens with one attached hydrogen (secondary N) is 1. The largest absolute Gasteiger partial charge is 0.504 e. The van der Waals surface area contributed by atoms with Gasteiger partial charge in [0.25, 0.3) is 10.8 Å². The van der Waals surface area contributed by atoms with Crippen molar-refractivity contribution in [3.63, 3.8) is 0 Å². The van der Waals surface area contributed by atoms with E-state index in [1.807, 2.05) is 55.5 Å². The number of phenolic OH excluding ortho intramolecular Hbond substituents is 1. The Morgan fingerprint density at radius 2 is 1.79 bits per heavy atom. The van der Waals surface area contributed by atoms with Gasteiger partial charge in [0.15, 0.2) is 11.5 Å². The minimum absolute atomic E-state index is 0.00192. The van der Waals surface area contributed by atoms with Gasteiger partial charge in [-0.3, -0.25) is 10.1 Å². The van der Waals surface area contributed by atoms with Crippen LogP contribution in [0.25, 0.3) is 16.3 Å². The number of hydrogen-bond donors (Lipinski definition) is 2. The molecule has 0 aliphatic rings. The van der Waals surface area contributed by atoms with Crippen LogP contribution >= 0.6 is 11.3 Å². The van der Waals surface area contributed by atoms with Gasteiger partial charge in [0.2, 0.25) is 5.69 Å². The zero-order valence-electron chi connectivity index (χ0n) is 18.1. The maximum atomic E-state index is 11.5. The molecule has 33 heavy (non-hydrogen) atoms. The average Bonchev–Trinajstić information content (AvgIpc) is 3.23. The number of nitro benzene ring substituents is 1. The van der Waals surface area contributed by atoms with E-state index in [0.717, 1.165) is 16.9 Å². The van der Waals surface area contributed by atoms with Gasteiger partial charge in [-0.15, -0.1) is 0 Å². The Kier molecular flexibility index (Phi) is 6.09. The summed E-state index contributed by atoms with van der Waals surface area (Å²) in [6.45, 7) is 1.97. The molecule has 9 nitrogen and oxygen atoms in total. The fourth-order valence-corrected chi connectivity index (χ4v) is 4.27. The SMILES string of the molecule is COc1ccc(C)cc1Nc1n[n+](-c2ccccc2)c(-c2cc([N+](=O)[O-])cc(OC)c2O)s1. The summed E-state index contributed by atoms with van der Waals surface area (Å²) in [7, 11) is 2.93. The second-order valence-electron chi connectivity index (χ2n) is 7.09. The standard InChI is InChI=1S/C23H20N4O5S/c1-14-9-10-19(31-2)18(11-14)24-23-25-26(15-7-5-4-6-8-15)22(33-23)17-12-16(27(29)30)13-20(32-3)21(17)28/h4-13H,1-3H3,(H,24,25)/p+1. The number of aromatic hydroxyl groups is 1. The molecule has 0 spiro atoms. The van der Waals surface area contributed by atoms with E-state index < -0.39 is 4.92 Å². The molecular weight excluding hydrogens is 444 g/mol. The number of aryl methyl sites for hydroxylation is 1. The summed E-state index contributed by atoms with van der Waals surface area (Å²) in [6, 6.07) is 17.5. The predicted octanol–water partition coefficient (Wildman–Crippen LogP) is 4.77. The van der Waals surface area contributed by atoms with E-state index in [-0.39, 0.29) is 22.7 Å². The first kappa shape index (κ1) is 22.0. The van der Waals surface area contributed by atoms with Gasteiger partial charge in [-0.25, -0.2) is 0 Å². The first-order valence-corrected chi connectivity index (χ1v) is 10.7. The Hall–Kier alpha value is -4.18. The van der Waals surface area contributed by atoms with Gasteiger partial charge in [-0.2, -0.15) is 0 Å². The van der Waals surface area contributed by atoms with Gasteiger partial charge < -0.3 is 19.9 Å². The molecule has 10 heteroatoms. The number of aromatic nitrogens is 2. The molecule has 0 bridgehead atoms. The molecule has 4 aromatic rings. The van der Waals surface area contributed by atoms with Gasteiger partial charge in [0.05, 0.1) is 30.9 Å². The number of para-hydroxylation sites is 1. The summed E-state index contributed by atoms with van der Waals surface area (Å²) in [4.78, 5) is 11.0. The fraction of sp³-hybridized carbons (Fsp3) is 0.130. The van der Waals surface area contributed by atoms with Crippen LogP contribution in [-0.4, -0.2) is 29.3 Å². The first-order valence-electron chi connectivity index (χ1n) is 9.87. The lowest BCUT2D eigenvalue weighted by atomic mass is 10.1. The van der Waals surface area contributed by atoms with Crippen molar-refractivity contribution in [1.29, 1.82) is 0 Å². The Morgan fingerprint density at radius 3 is 2.45 bits per heavy atom. The number of nitrogens with zero attached hydrogens (tertiary/aromatic N) is 3. The third-order valence-corrected chi connectivity index (χ3v) is 5.86. The molecule has 1 heterocycles. The number of ether oxygens (including phenoxy) is 2. The van der Waals surface area contributed by atoms with E-state index in [1.165, 1.54) is 30.6 Å². The zero-order chi connectivity index (χ0) is 23.5. The Labute approximate surface area is 193 Å². The highest BCUT2D eigenvalue weighted by Gasteiger charge is 2.30. The molecule has 0 aliphatic carbocycles. The van der Waals surface area contributed by atoms with E-state index in [4.69, 9.17) is 9.47 Å². The number of phenols is 1. The number of non-ortho nitro benzene ring substituents is 1. The van der Waals surface area contributed by atoms with Crippen molar-refractivity contribution in [2.45, 2.75) is 6.92 Å². The highest BCUT2D eigenvalue weighted by Crippen LogP contribution is 2.42. The Morgan fingerprint density at radius 1 is 1.06 bits per heavy atom. The van der Waals surface area contributed by atoms with Crippen molar-refractivity contribution < 1.29 is 24.2 Å². The molecule has 0 saturated carbocycles. The van der Waals surface area contributed by atoms with Crippen LogP contribution in [0.4, 0.5) is 16.5 Å². The lowest BCUT2D eigenvalue weighted by Crippen LogP contribution is -2.34. The molecule has 0 saturated heterocycles. The van der Waals surface area contributed by atoms with Crippen LogP contribution in [0.5, 0.6) is 17.2 Å². The molecular formula is C23H21N4O5S+. The van der Waals surface area contributed by atoms with Crippen LogP contribution in [0, 0.1) is 17.0 Å². The predicted molar refractivity (Wildman–Crippen MR) is 125 cm³/mol. The summed E-state index contributed by atoms with van der Waals surface area (Å²) < 4.78 is 12.2. The quantitative estimate of drug-likeness (QED) is 0.230. The van der Waals surface area contributed by atoms with Gasteiger partial charge in [0, 0.05) is 23.3 Å². The van der Waals surface area contributed by atoms with Crippen LogP contribution in [0.15, 0.2) is 60.7 Å². The third kappa shape index (κ3) is 4.41. The zero-order valence-corrected chi connectivity index (χ0v) is 18.9. The number of hydrogen-bond acceptors (Lipinski definition) is 8. The van der Waals surface area contributed by atoms with Gasteiger partial charge in [-0.05, 0) is 40.6 Å². The van der Waals surface area contributed by atoms with Gasteiger partial charge in [-0.1, -0.05) is 24.3 Å². The molecule has 0 amide bonds. The highest BCUT2D eigenvalue weighted by atomic mass is 32.1.